The van der Waals surface area contributed by atoms with E-state index >= 15 is 4.39 Å². The molecule has 1 fully saturated rings. The van der Waals surface area contributed by atoms with E-state index in [4.69, 9.17) is 22.1 Å². The zero-order chi connectivity index (χ0) is 24.1. The lowest BCUT2D eigenvalue weighted by molar-refractivity contribution is 0.0464. The second kappa shape index (κ2) is 8.32. The Kier molecular flexibility index (Phi) is 5.43. The van der Waals surface area contributed by atoms with E-state index in [1.54, 1.807) is 9.80 Å². The van der Waals surface area contributed by atoms with Gasteiger partial charge in [0.2, 0.25) is 0 Å². The topological polar surface area (TPSA) is 106 Å². The quantitative estimate of drug-likeness (QED) is 0.499. The Morgan fingerprint density at radius 3 is 2.74 bits per heavy atom. The molecule has 172 valence electrons. The number of nitrogen functional groups attached to an aromatic ring is 1. The van der Waals surface area contributed by atoms with Gasteiger partial charge >= 0.3 is 0 Å². The van der Waals surface area contributed by atoms with Crippen molar-refractivity contribution in [3.8, 4) is 29.1 Å². The van der Waals surface area contributed by atoms with E-state index in [9.17, 15) is 19.7 Å². The van der Waals surface area contributed by atoms with Gasteiger partial charge in [-0.25, -0.2) is 8.78 Å². The first-order chi connectivity index (χ1) is 16.3. The highest BCUT2D eigenvalue weighted by Gasteiger charge is 2.36. The average molecular weight is 500 g/mol. The number of rotatable bonds is 1. The number of benzene rings is 2. The van der Waals surface area contributed by atoms with E-state index in [1.807, 2.05) is 6.07 Å². The van der Waals surface area contributed by atoms with Gasteiger partial charge in [-0.05, 0) is 17.7 Å². The minimum absolute atomic E-state index is 0.0231. The molecule has 2 N–H and O–H groups in total. The van der Waals surface area contributed by atoms with Crippen LogP contribution in [0.4, 0.5) is 13.8 Å². The third-order valence-electron chi connectivity index (χ3n) is 6.19. The highest BCUT2D eigenvalue weighted by Crippen LogP contribution is 2.47. The summed E-state index contributed by atoms with van der Waals surface area (Å²) in [4.78, 5) is 16.5. The fraction of sp³-hybridized carbons (Fsp3) is 0.261. The molecule has 11 heteroatoms. The molecule has 0 bridgehead atoms. The summed E-state index contributed by atoms with van der Waals surface area (Å²) in [6.07, 6.45) is 2.56. The van der Waals surface area contributed by atoms with Gasteiger partial charge in [0.05, 0.1) is 33.5 Å². The maximum Gasteiger partial charge on any atom is 0.258 e. The Balaban J connectivity index is 1.68. The van der Waals surface area contributed by atoms with Gasteiger partial charge in [0.25, 0.3) is 5.91 Å². The van der Waals surface area contributed by atoms with E-state index in [2.05, 4.69) is 6.19 Å². The predicted octanol–water partition coefficient (Wildman–Crippen LogP) is 4.34. The van der Waals surface area contributed by atoms with Crippen molar-refractivity contribution in [2.45, 2.75) is 12.5 Å². The maximum atomic E-state index is 15.6. The number of nitriles is 2. The molecule has 34 heavy (non-hydrogen) atoms. The molecule has 1 aromatic heterocycles. The monoisotopic (exact) mass is 499 g/mol. The number of fused-ring (bicyclic) bond motifs is 3. The van der Waals surface area contributed by atoms with Crippen LogP contribution in [0.3, 0.4) is 0 Å². The zero-order valence-electron chi connectivity index (χ0n) is 17.6. The average Bonchev–Trinajstić information content (AvgIpc) is 3.17. The second-order valence-corrected chi connectivity index (χ2v) is 9.44. The van der Waals surface area contributed by atoms with E-state index in [-0.39, 0.29) is 60.8 Å². The Bertz CT molecular complexity index is 1440. The Morgan fingerprint density at radius 1 is 1.21 bits per heavy atom. The summed E-state index contributed by atoms with van der Waals surface area (Å²) >= 11 is 7.53. The molecule has 0 saturated carbocycles. The predicted molar refractivity (Wildman–Crippen MR) is 123 cm³/mol. The van der Waals surface area contributed by atoms with Crippen LogP contribution in [0.15, 0.2) is 18.2 Å². The minimum atomic E-state index is -0.810. The third kappa shape index (κ3) is 3.30. The van der Waals surface area contributed by atoms with Crippen molar-refractivity contribution in [3.63, 3.8) is 0 Å². The van der Waals surface area contributed by atoms with Gasteiger partial charge in [0.1, 0.15) is 22.7 Å². The van der Waals surface area contributed by atoms with Crippen LogP contribution in [-0.2, 0) is 0 Å². The van der Waals surface area contributed by atoms with Crippen LogP contribution in [0.5, 0.6) is 5.75 Å². The largest absolute Gasteiger partial charge is 0.491 e. The molecule has 0 unspecified atom stereocenters. The number of nitrogens with zero attached hydrogens (tertiary/aromatic N) is 4. The van der Waals surface area contributed by atoms with E-state index in [1.165, 1.54) is 6.07 Å². The number of hydrogen-bond donors (Lipinski definition) is 1. The standard InChI is InChI=1S/C23H16ClF2N5O2S/c24-19-18(12-1-2-15(25)21-17(12)14(8-27)22(29)34-21)16(26)7-13-20(19)33-6-3-11-9-30(10-28)4-5-31(11)23(13)32/h1-2,7,11H,3-6,9,29H2/t11-/m0/s1. The maximum absolute atomic E-state index is 15.6. The van der Waals surface area contributed by atoms with Crippen molar-refractivity contribution >= 4 is 43.9 Å². The fourth-order valence-electron chi connectivity index (χ4n) is 4.57. The molecule has 1 amide bonds. The number of thiophene rings is 1. The van der Waals surface area contributed by atoms with E-state index in [0.717, 1.165) is 23.5 Å². The molecular weight excluding hydrogens is 484 g/mol. The van der Waals surface area contributed by atoms with E-state index < -0.39 is 17.5 Å². The van der Waals surface area contributed by atoms with E-state index in [0.29, 0.717) is 26.1 Å². The summed E-state index contributed by atoms with van der Waals surface area (Å²) in [5.41, 5.74) is 6.01. The molecule has 0 spiro atoms. The Morgan fingerprint density at radius 2 is 2.00 bits per heavy atom. The zero-order valence-corrected chi connectivity index (χ0v) is 19.1. The van der Waals surface area contributed by atoms with Crippen LogP contribution >= 0.6 is 22.9 Å². The van der Waals surface area contributed by atoms with Gasteiger partial charge in [-0.1, -0.05) is 17.7 Å². The van der Waals surface area contributed by atoms with Crippen LogP contribution in [0.1, 0.15) is 22.3 Å². The molecular formula is C23H16ClF2N5O2S. The number of nitrogens with two attached hydrogens (primary N) is 1. The van der Waals surface area contributed by atoms with Crippen LogP contribution in [0.2, 0.25) is 5.02 Å². The molecule has 0 aliphatic carbocycles. The summed E-state index contributed by atoms with van der Waals surface area (Å²) in [5, 5.41) is 18.9. The van der Waals surface area contributed by atoms with Crippen molar-refractivity contribution in [2.75, 3.05) is 32.0 Å². The summed E-state index contributed by atoms with van der Waals surface area (Å²) < 4.78 is 36.0. The lowest BCUT2D eigenvalue weighted by atomic mass is 9.95. The van der Waals surface area contributed by atoms with Crippen LogP contribution in [0.25, 0.3) is 21.2 Å². The summed E-state index contributed by atoms with van der Waals surface area (Å²) in [5.74, 6) is -1.81. The van der Waals surface area contributed by atoms with Gasteiger partial charge in [-0.3, -0.25) is 4.79 Å². The van der Waals surface area contributed by atoms with Crippen LogP contribution in [0, 0.1) is 34.4 Å². The van der Waals surface area contributed by atoms with Crippen molar-refractivity contribution < 1.29 is 18.3 Å². The molecule has 3 heterocycles. The molecule has 2 aromatic carbocycles. The molecule has 7 nitrogen and oxygen atoms in total. The Labute approximate surface area is 202 Å². The molecule has 1 atom stereocenters. The Hall–Kier alpha value is -3.60. The molecule has 1 saturated heterocycles. The smallest absolute Gasteiger partial charge is 0.258 e. The SMILES string of the molecule is N#Cc1c(N)sc2c(F)ccc(-c3c(F)cc4c(c3Cl)OCC[C@H]3CN(C#N)CCN3C4=O)c12. The number of anilines is 1. The first-order valence-electron chi connectivity index (χ1n) is 10.4. The van der Waals surface area contributed by atoms with Gasteiger partial charge < -0.3 is 20.3 Å². The fourth-order valence-corrected chi connectivity index (χ4v) is 5.87. The highest BCUT2D eigenvalue weighted by atomic mass is 35.5. The van der Waals surface area contributed by atoms with Gasteiger partial charge in [-0.2, -0.15) is 10.5 Å². The van der Waals surface area contributed by atoms with Gasteiger partial charge in [-0.15, -0.1) is 11.3 Å². The number of amides is 1. The molecule has 2 aliphatic rings. The molecule has 2 aliphatic heterocycles. The number of carbonyl (C=O) groups excluding carboxylic acids is 1. The van der Waals surface area contributed by atoms with Crippen molar-refractivity contribution in [2.24, 2.45) is 0 Å². The summed E-state index contributed by atoms with van der Waals surface area (Å²) in [6.45, 7) is 1.27. The highest BCUT2D eigenvalue weighted by molar-refractivity contribution is 7.23. The lowest BCUT2D eigenvalue weighted by Crippen LogP contribution is -2.55. The van der Waals surface area contributed by atoms with Crippen molar-refractivity contribution in [1.82, 2.24) is 9.80 Å². The number of piperazine rings is 1. The molecule has 3 aromatic rings. The molecule has 0 radical (unpaired) electrons. The first-order valence-corrected chi connectivity index (χ1v) is 11.6. The number of halogens is 3. The molecule has 5 rings (SSSR count). The van der Waals surface area contributed by atoms with Crippen LogP contribution in [-0.4, -0.2) is 48.0 Å². The summed E-state index contributed by atoms with van der Waals surface area (Å²) in [6, 6.07) is 5.27. The van der Waals surface area contributed by atoms with Crippen molar-refractivity contribution in [3.05, 3.63) is 46.0 Å². The number of ether oxygens (including phenoxy) is 1. The van der Waals surface area contributed by atoms with Gasteiger partial charge in [0.15, 0.2) is 11.9 Å². The number of carbonyl (C=O) groups is 1. The normalized spacial score (nSPS) is 17.8. The van der Waals surface area contributed by atoms with Gasteiger partial charge in [0, 0.05) is 37.0 Å². The lowest BCUT2D eigenvalue weighted by Gasteiger charge is -2.40. The van der Waals surface area contributed by atoms with Crippen LogP contribution < -0.4 is 10.5 Å². The number of hydrogen-bond acceptors (Lipinski definition) is 7. The first kappa shape index (κ1) is 22.2. The second-order valence-electron chi connectivity index (χ2n) is 8.01. The third-order valence-corrected chi connectivity index (χ3v) is 7.57. The van der Waals surface area contributed by atoms with Crippen molar-refractivity contribution in [1.29, 1.82) is 10.5 Å². The minimum Gasteiger partial charge on any atom is -0.491 e. The summed E-state index contributed by atoms with van der Waals surface area (Å²) in [7, 11) is 0.